The molecular formula is C25H31FN6O. The van der Waals surface area contributed by atoms with E-state index in [4.69, 9.17) is 16.0 Å². The van der Waals surface area contributed by atoms with E-state index in [1.54, 1.807) is 6.07 Å². The van der Waals surface area contributed by atoms with Crippen molar-refractivity contribution in [2.45, 2.75) is 19.4 Å². The maximum absolute atomic E-state index is 14.8. The lowest BCUT2D eigenvalue weighted by Crippen LogP contribution is -2.51. The lowest BCUT2D eigenvalue weighted by molar-refractivity contribution is 0.185. The van der Waals surface area contributed by atoms with Gasteiger partial charge in [-0.2, -0.15) is 0 Å². The molecule has 1 aromatic heterocycles. The maximum Gasteiger partial charge on any atom is 0.191 e. The summed E-state index contributed by atoms with van der Waals surface area (Å²) in [6.07, 6.45) is 0. The normalized spacial score (nSPS) is 16.2. The van der Waals surface area contributed by atoms with Crippen molar-refractivity contribution in [3.8, 4) is 11.1 Å². The first kappa shape index (κ1) is 22.9. The van der Waals surface area contributed by atoms with E-state index in [-0.39, 0.29) is 11.7 Å². The fraction of sp³-hybridized carbons (Fsp3) is 0.360. The number of piperazine rings is 1. The van der Waals surface area contributed by atoms with Crippen molar-refractivity contribution in [2.75, 3.05) is 39.3 Å². The van der Waals surface area contributed by atoms with Gasteiger partial charge in [0, 0.05) is 56.8 Å². The van der Waals surface area contributed by atoms with E-state index in [0.29, 0.717) is 36.1 Å². The van der Waals surface area contributed by atoms with Crippen molar-refractivity contribution < 1.29 is 8.91 Å². The Kier molecular flexibility index (Phi) is 7.36. The van der Waals surface area contributed by atoms with E-state index < -0.39 is 0 Å². The number of rotatable bonds is 7. The van der Waals surface area contributed by atoms with Crippen LogP contribution in [-0.4, -0.2) is 60.2 Å². The quantitative estimate of drug-likeness (QED) is 0.424. The molecular weight excluding hydrogens is 419 g/mol. The van der Waals surface area contributed by atoms with Gasteiger partial charge in [-0.05, 0) is 17.2 Å². The molecule has 4 N–H and O–H groups in total. The van der Waals surface area contributed by atoms with Gasteiger partial charge in [0.2, 0.25) is 0 Å². The van der Waals surface area contributed by atoms with Gasteiger partial charge in [0.05, 0.1) is 6.54 Å². The molecule has 0 bridgehead atoms. The van der Waals surface area contributed by atoms with E-state index in [2.05, 4.69) is 19.9 Å². The highest BCUT2D eigenvalue weighted by atomic mass is 19.1. The molecule has 1 saturated heterocycles. The summed E-state index contributed by atoms with van der Waals surface area (Å²) in [4.78, 5) is 8.89. The van der Waals surface area contributed by atoms with Gasteiger partial charge < -0.3 is 20.9 Å². The van der Waals surface area contributed by atoms with Crippen LogP contribution in [0.25, 0.3) is 11.1 Å². The van der Waals surface area contributed by atoms with Crippen LogP contribution in [-0.2, 0) is 6.54 Å². The molecule has 1 unspecified atom stereocenters. The number of hydrogen-bond donors (Lipinski definition) is 2. The average molecular weight is 451 g/mol. The predicted molar refractivity (Wildman–Crippen MR) is 128 cm³/mol. The first-order chi connectivity index (χ1) is 16.0. The molecule has 1 atom stereocenters. The smallest absolute Gasteiger partial charge is 0.191 e. The molecule has 0 radical (unpaired) electrons. The summed E-state index contributed by atoms with van der Waals surface area (Å²) in [5, 5.41) is 4.13. The number of guanidine groups is 1. The molecule has 0 amide bonds. The van der Waals surface area contributed by atoms with Gasteiger partial charge in [0.1, 0.15) is 17.3 Å². The third-order valence-corrected chi connectivity index (χ3v) is 6.13. The van der Waals surface area contributed by atoms with Crippen LogP contribution >= 0.6 is 0 Å². The Hall–Kier alpha value is -3.23. The molecule has 1 aliphatic heterocycles. The molecule has 2 heterocycles. The molecule has 0 saturated carbocycles. The largest absolute Gasteiger partial charge is 0.370 e. The van der Waals surface area contributed by atoms with Gasteiger partial charge in [-0.25, -0.2) is 9.38 Å². The van der Waals surface area contributed by atoms with Crippen LogP contribution in [0.4, 0.5) is 4.39 Å². The van der Waals surface area contributed by atoms with Crippen molar-refractivity contribution in [1.29, 1.82) is 0 Å². The SMILES string of the molecule is CC(c1ccc(-c2ccccc2)c(F)c1)c1cc(CN=C(N)N2CCN(CCN)CC2)no1. The third-order valence-electron chi connectivity index (χ3n) is 6.13. The zero-order chi connectivity index (χ0) is 23.2. The third kappa shape index (κ3) is 5.58. The van der Waals surface area contributed by atoms with E-state index in [9.17, 15) is 4.39 Å². The topological polar surface area (TPSA) is 96.9 Å². The Morgan fingerprint density at radius 3 is 2.58 bits per heavy atom. The van der Waals surface area contributed by atoms with Crippen LogP contribution in [0.2, 0.25) is 0 Å². The highest BCUT2D eigenvalue weighted by Crippen LogP contribution is 2.29. The van der Waals surface area contributed by atoms with Crippen LogP contribution in [0, 0.1) is 5.82 Å². The predicted octanol–water partition coefficient (Wildman–Crippen LogP) is 3.02. The number of hydrogen-bond acceptors (Lipinski definition) is 5. The van der Waals surface area contributed by atoms with Crippen molar-refractivity contribution in [3.63, 3.8) is 0 Å². The van der Waals surface area contributed by atoms with Gasteiger partial charge in [0.15, 0.2) is 5.96 Å². The fourth-order valence-electron chi connectivity index (χ4n) is 4.07. The highest BCUT2D eigenvalue weighted by molar-refractivity contribution is 5.78. The summed E-state index contributed by atoms with van der Waals surface area (Å²) in [6, 6.07) is 16.7. The molecule has 4 rings (SSSR count). The number of nitrogens with two attached hydrogens (primary N) is 2. The van der Waals surface area contributed by atoms with E-state index in [1.165, 1.54) is 0 Å². The second kappa shape index (κ2) is 10.6. The van der Waals surface area contributed by atoms with Gasteiger partial charge in [-0.15, -0.1) is 0 Å². The standard InChI is InChI=1S/C25H31FN6O/c1-18(20-7-8-22(23(26)15-20)19-5-3-2-4-6-19)24-16-21(30-33-24)17-29-25(28)32-13-11-31(10-9-27)12-14-32/h2-8,15-16,18H,9-14,17,27H2,1H3,(H2,28,29). The molecule has 1 fully saturated rings. The lowest BCUT2D eigenvalue weighted by atomic mass is 9.95. The van der Waals surface area contributed by atoms with E-state index in [1.807, 2.05) is 55.5 Å². The zero-order valence-electron chi connectivity index (χ0n) is 19.0. The summed E-state index contributed by atoms with van der Waals surface area (Å²) in [5.74, 6) is 0.788. The minimum Gasteiger partial charge on any atom is -0.370 e. The molecule has 0 aliphatic carbocycles. The summed E-state index contributed by atoms with van der Waals surface area (Å²) in [7, 11) is 0. The number of aliphatic imine (C=N–C) groups is 1. The second-order valence-corrected chi connectivity index (χ2v) is 8.34. The Labute approximate surface area is 193 Å². The molecule has 33 heavy (non-hydrogen) atoms. The van der Waals surface area contributed by atoms with E-state index >= 15 is 0 Å². The van der Waals surface area contributed by atoms with Crippen molar-refractivity contribution in [1.82, 2.24) is 15.0 Å². The monoisotopic (exact) mass is 450 g/mol. The first-order valence-corrected chi connectivity index (χ1v) is 11.3. The minimum absolute atomic E-state index is 0.137. The van der Waals surface area contributed by atoms with Crippen molar-refractivity contribution in [2.24, 2.45) is 16.5 Å². The van der Waals surface area contributed by atoms with Crippen LogP contribution in [0.5, 0.6) is 0 Å². The Morgan fingerprint density at radius 1 is 1.12 bits per heavy atom. The Balaban J connectivity index is 1.38. The summed E-state index contributed by atoms with van der Waals surface area (Å²) in [5.41, 5.74) is 14.8. The molecule has 174 valence electrons. The van der Waals surface area contributed by atoms with Crippen LogP contribution < -0.4 is 11.5 Å². The Bertz CT molecular complexity index is 1080. The molecule has 7 nitrogen and oxygen atoms in total. The van der Waals surface area contributed by atoms with Gasteiger partial charge in [0.25, 0.3) is 0 Å². The number of halogens is 1. The molecule has 1 aliphatic rings. The zero-order valence-corrected chi connectivity index (χ0v) is 19.0. The average Bonchev–Trinajstić information content (AvgIpc) is 3.32. The summed E-state index contributed by atoms with van der Waals surface area (Å²) in [6.45, 7) is 7.41. The van der Waals surface area contributed by atoms with Crippen LogP contribution in [0.3, 0.4) is 0 Å². The van der Waals surface area contributed by atoms with Crippen molar-refractivity contribution in [3.05, 3.63) is 77.4 Å². The van der Waals surface area contributed by atoms with Crippen LogP contribution in [0.15, 0.2) is 64.1 Å². The van der Waals surface area contributed by atoms with Crippen LogP contribution in [0.1, 0.15) is 29.9 Å². The molecule has 0 spiro atoms. The second-order valence-electron chi connectivity index (χ2n) is 8.34. The maximum atomic E-state index is 14.8. The highest BCUT2D eigenvalue weighted by Gasteiger charge is 2.19. The number of aromatic nitrogens is 1. The minimum atomic E-state index is -0.255. The molecule has 3 aromatic rings. The number of benzene rings is 2. The van der Waals surface area contributed by atoms with Gasteiger partial charge >= 0.3 is 0 Å². The first-order valence-electron chi connectivity index (χ1n) is 11.3. The van der Waals surface area contributed by atoms with E-state index in [0.717, 1.165) is 43.9 Å². The lowest BCUT2D eigenvalue weighted by Gasteiger charge is -2.35. The molecule has 8 heteroatoms. The summed E-state index contributed by atoms with van der Waals surface area (Å²) < 4.78 is 20.3. The number of nitrogens with zero attached hydrogens (tertiary/aromatic N) is 4. The van der Waals surface area contributed by atoms with Crippen molar-refractivity contribution >= 4 is 5.96 Å². The van der Waals surface area contributed by atoms with Gasteiger partial charge in [-0.3, -0.25) is 4.90 Å². The Morgan fingerprint density at radius 2 is 1.88 bits per heavy atom. The fourth-order valence-corrected chi connectivity index (χ4v) is 4.07. The molecule has 2 aromatic carbocycles. The van der Waals surface area contributed by atoms with Gasteiger partial charge in [-0.1, -0.05) is 54.5 Å². The summed E-state index contributed by atoms with van der Waals surface area (Å²) >= 11 is 0.